The fourth-order valence-corrected chi connectivity index (χ4v) is 5.17. The van der Waals surface area contributed by atoms with Crippen LogP contribution in [0.1, 0.15) is 68.7 Å². The molecule has 1 fully saturated rings. The van der Waals surface area contributed by atoms with Crippen LogP contribution in [0.4, 0.5) is 0 Å². The smallest absolute Gasteiger partial charge is 0.163 e. The Hall–Kier alpha value is -0.420. The minimum atomic E-state index is -0.0914. The number of hydrogen-bond acceptors (Lipinski definition) is 4. The van der Waals surface area contributed by atoms with Gasteiger partial charge in [-0.2, -0.15) is 0 Å². The Balaban J connectivity index is 1.48. The molecule has 1 spiro atoms. The predicted octanol–water partition coefficient (Wildman–Crippen LogP) is 4.94. The highest BCUT2D eigenvalue weighted by Crippen LogP contribution is 2.45. The minimum absolute atomic E-state index is 0.0683. The number of thiophene rings is 1. The Morgan fingerprint density at radius 1 is 1.21 bits per heavy atom. The van der Waals surface area contributed by atoms with Gasteiger partial charge in [0.15, 0.2) is 6.29 Å². The fraction of sp³-hybridized carbons (Fsp3) is 0.800. The number of hydrogen-bond donors (Lipinski definition) is 0. The molecular weight excluding hydrogens is 318 g/mol. The van der Waals surface area contributed by atoms with E-state index in [0.29, 0.717) is 0 Å². The average Bonchev–Trinajstić information content (AvgIpc) is 3.09. The summed E-state index contributed by atoms with van der Waals surface area (Å²) < 4.78 is 12.0. The summed E-state index contributed by atoms with van der Waals surface area (Å²) in [5.41, 5.74) is 1.35. The third-order valence-corrected chi connectivity index (χ3v) is 6.64. The minimum Gasteiger partial charge on any atom is -0.355 e. The molecular formula is C20H33NO2S. The van der Waals surface area contributed by atoms with Gasteiger partial charge in [0, 0.05) is 31.5 Å². The van der Waals surface area contributed by atoms with Crippen LogP contribution in [0.25, 0.3) is 0 Å². The van der Waals surface area contributed by atoms with Gasteiger partial charge in [-0.15, -0.1) is 11.3 Å². The van der Waals surface area contributed by atoms with Crippen molar-refractivity contribution in [3.63, 3.8) is 0 Å². The number of piperidine rings is 1. The molecule has 24 heavy (non-hydrogen) atoms. The van der Waals surface area contributed by atoms with Crippen LogP contribution in [-0.2, 0) is 21.5 Å². The summed E-state index contributed by atoms with van der Waals surface area (Å²) in [4.78, 5) is 4.11. The number of ether oxygens (including phenoxy) is 2. The third kappa shape index (κ3) is 4.21. The number of methoxy groups -OCH3 is 1. The summed E-state index contributed by atoms with van der Waals surface area (Å²) in [6, 6.07) is 2.29. The Kier molecular flexibility index (Phi) is 6.73. The van der Waals surface area contributed by atoms with E-state index in [1.54, 1.807) is 7.11 Å². The monoisotopic (exact) mass is 351 g/mol. The van der Waals surface area contributed by atoms with Crippen molar-refractivity contribution < 1.29 is 9.47 Å². The molecule has 1 aromatic rings. The zero-order valence-electron chi connectivity index (χ0n) is 15.4. The van der Waals surface area contributed by atoms with Crippen molar-refractivity contribution in [3.8, 4) is 0 Å². The summed E-state index contributed by atoms with van der Waals surface area (Å²) in [7, 11) is 1.77. The van der Waals surface area contributed by atoms with Crippen LogP contribution in [0.15, 0.2) is 11.4 Å². The maximum Gasteiger partial charge on any atom is 0.163 e. The first-order chi connectivity index (χ1) is 11.8. The molecule has 0 N–H and O–H groups in total. The quantitative estimate of drug-likeness (QED) is 0.619. The number of rotatable bonds is 8. The highest BCUT2D eigenvalue weighted by molar-refractivity contribution is 7.10. The molecule has 3 heterocycles. The van der Waals surface area contributed by atoms with E-state index in [-0.39, 0.29) is 11.9 Å². The Bertz CT molecular complexity index is 494. The van der Waals surface area contributed by atoms with Crippen LogP contribution in [0, 0.1) is 0 Å². The highest BCUT2D eigenvalue weighted by atomic mass is 32.1. The summed E-state index contributed by atoms with van der Waals surface area (Å²) >= 11 is 1.86. The highest BCUT2D eigenvalue weighted by Gasteiger charge is 2.44. The molecule has 1 aromatic heterocycles. The van der Waals surface area contributed by atoms with E-state index in [2.05, 4.69) is 23.3 Å². The van der Waals surface area contributed by atoms with E-state index in [4.69, 9.17) is 9.47 Å². The van der Waals surface area contributed by atoms with Crippen molar-refractivity contribution in [3.05, 3.63) is 21.9 Å². The molecule has 0 bridgehead atoms. The second kappa shape index (κ2) is 8.79. The lowest BCUT2D eigenvalue weighted by molar-refractivity contribution is -0.226. The first kappa shape index (κ1) is 18.4. The lowest BCUT2D eigenvalue weighted by Gasteiger charge is -2.46. The van der Waals surface area contributed by atoms with Crippen molar-refractivity contribution in [1.29, 1.82) is 0 Å². The maximum absolute atomic E-state index is 6.42. The maximum atomic E-state index is 6.42. The molecule has 2 aliphatic heterocycles. The van der Waals surface area contributed by atoms with E-state index in [1.807, 2.05) is 11.3 Å². The third-order valence-electron chi connectivity index (χ3n) is 5.70. The van der Waals surface area contributed by atoms with E-state index in [1.165, 1.54) is 55.5 Å². The Labute approximate surface area is 151 Å². The lowest BCUT2D eigenvalue weighted by Crippen LogP contribution is -2.48. The van der Waals surface area contributed by atoms with E-state index in [0.717, 1.165) is 32.4 Å². The normalized spacial score (nSPS) is 23.5. The van der Waals surface area contributed by atoms with Gasteiger partial charge in [0.1, 0.15) is 0 Å². The van der Waals surface area contributed by atoms with Crippen molar-refractivity contribution >= 4 is 11.3 Å². The van der Waals surface area contributed by atoms with Gasteiger partial charge in [0.05, 0.1) is 5.60 Å². The van der Waals surface area contributed by atoms with Gasteiger partial charge in [-0.3, -0.25) is 0 Å². The summed E-state index contributed by atoms with van der Waals surface area (Å²) in [5.74, 6) is 0. The molecule has 3 nitrogen and oxygen atoms in total. The Morgan fingerprint density at radius 3 is 2.71 bits per heavy atom. The molecule has 0 radical (unpaired) electrons. The van der Waals surface area contributed by atoms with E-state index >= 15 is 0 Å². The van der Waals surface area contributed by atoms with Crippen LogP contribution >= 0.6 is 11.3 Å². The standard InChI is InChI=1S/C20H33NO2S/c1-3-4-5-6-7-8-12-21-13-10-20(11-14-21)17-9-15-24-18(17)16-19(22-2)23-20/h9,15,19H,3-8,10-14,16H2,1-2H3. The van der Waals surface area contributed by atoms with Crippen molar-refractivity contribution in [2.45, 2.75) is 76.6 Å². The van der Waals surface area contributed by atoms with Crippen molar-refractivity contribution in [1.82, 2.24) is 4.90 Å². The van der Waals surface area contributed by atoms with Crippen LogP contribution in [0.3, 0.4) is 0 Å². The fourth-order valence-electron chi connectivity index (χ4n) is 4.19. The van der Waals surface area contributed by atoms with Gasteiger partial charge in [-0.05, 0) is 42.8 Å². The van der Waals surface area contributed by atoms with Crippen LogP contribution in [0.2, 0.25) is 0 Å². The average molecular weight is 352 g/mol. The summed E-state index contributed by atoms with van der Waals surface area (Å²) in [6.07, 6.45) is 11.3. The topological polar surface area (TPSA) is 21.7 Å². The molecule has 0 amide bonds. The first-order valence-corrected chi connectivity index (χ1v) is 10.6. The van der Waals surface area contributed by atoms with Crippen LogP contribution < -0.4 is 0 Å². The van der Waals surface area contributed by atoms with E-state index < -0.39 is 0 Å². The lowest BCUT2D eigenvalue weighted by atomic mass is 9.82. The second-order valence-corrected chi connectivity index (χ2v) is 8.35. The Morgan fingerprint density at radius 2 is 1.96 bits per heavy atom. The number of fused-ring (bicyclic) bond motifs is 2. The van der Waals surface area contributed by atoms with Gasteiger partial charge in [-0.25, -0.2) is 0 Å². The second-order valence-electron chi connectivity index (χ2n) is 7.35. The molecule has 1 saturated heterocycles. The molecule has 0 aromatic carbocycles. The zero-order valence-corrected chi connectivity index (χ0v) is 16.2. The molecule has 1 atom stereocenters. The molecule has 2 aliphatic rings. The molecule has 1 unspecified atom stereocenters. The van der Waals surface area contributed by atoms with Crippen molar-refractivity contribution in [2.24, 2.45) is 0 Å². The molecule has 136 valence electrons. The van der Waals surface area contributed by atoms with Gasteiger partial charge < -0.3 is 14.4 Å². The molecule has 3 rings (SSSR count). The predicted molar refractivity (Wildman–Crippen MR) is 101 cm³/mol. The SMILES string of the molecule is CCCCCCCCN1CCC2(CC1)OC(OC)Cc1sccc12. The number of unbranched alkanes of at least 4 members (excludes halogenated alkanes) is 5. The number of nitrogens with zero attached hydrogens (tertiary/aromatic N) is 1. The van der Waals surface area contributed by atoms with Crippen molar-refractivity contribution in [2.75, 3.05) is 26.7 Å². The first-order valence-electron chi connectivity index (χ1n) is 9.77. The number of likely N-dealkylation sites (tertiary alicyclic amines) is 1. The molecule has 4 heteroatoms. The van der Waals surface area contributed by atoms with Crippen LogP contribution in [-0.4, -0.2) is 37.9 Å². The molecule has 0 aliphatic carbocycles. The van der Waals surface area contributed by atoms with Crippen LogP contribution in [0.5, 0.6) is 0 Å². The van der Waals surface area contributed by atoms with Gasteiger partial charge in [0.2, 0.25) is 0 Å². The zero-order chi connectivity index (χ0) is 16.8. The van der Waals surface area contributed by atoms with E-state index in [9.17, 15) is 0 Å². The van der Waals surface area contributed by atoms with Gasteiger partial charge >= 0.3 is 0 Å². The largest absolute Gasteiger partial charge is 0.355 e. The van der Waals surface area contributed by atoms with Gasteiger partial charge in [-0.1, -0.05) is 39.0 Å². The summed E-state index contributed by atoms with van der Waals surface area (Å²) in [6.45, 7) is 5.84. The summed E-state index contributed by atoms with van der Waals surface area (Å²) in [5, 5.41) is 2.22. The molecule has 0 saturated carbocycles. The van der Waals surface area contributed by atoms with Gasteiger partial charge in [0.25, 0.3) is 0 Å².